The standard InChI is InChI=1S/C54H34N2O/c1-2-13-35(14-3-1)36-25-28-38(29-26-36)55(49-23-12-21-46-43-18-9-11-24-50(43)57-54(46)49)39-30-32-40(33-31-39)56-48-22-10-8-20-47(48)52-51-41-16-5-4-15-37(41)27-34-44(51)42-17-6-7-19-45(42)53(52)56/h1-34H. The van der Waals surface area contributed by atoms with Crippen molar-refractivity contribution >= 4 is 93.1 Å². The van der Waals surface area contributed by atoms with Crippen molar-refractivity contribution in [2.75, 3.05) is 4.90 Å². The lowest BCUT2D eigenvalue weighted by Crippen LogP contribution is -2.10. The largest absolute Gasteiger partial charge is 0.454 e. The Morgan fingerprint density at radius 1 is 0.368 bits per heavy atom. The van der Waals surface area contributed by atoms with E-state index in [1.165, 1.54) is 65.3 Å². The van der Waals surface area contributed by atoms with Gasteiger partial charge in [0.15, 0.2) is 5.58 Å². The quantitative estimate of drug-likeness (QED) is 0.165. The van der Waals surface area contributed by atoms with Crippen molar-refractivity contribution in [3.05, 3.63) is 206 Å². The Kier molecular flexibility index (Phi) is 6.93. The van der Waals surface area contributed by atoms with Gasteiger partial charge in [0.2, 0.25) is 0 Å². The molecule has 0 radical (unpaired) electrons. The smallest absolute Gasteiger partial charge is 0.159 e. The summed E-state index contributed by atoms with van der Waals surface area (Å²) in [4.78, 5) is 2.32. The topological polar surface area (TPSA) is 21.3 Å². The van der Waals surface area contributed by atoms with Crippen LogP contribution >= 0.6 is 0 Å². The van der Waals surface area contributed by atoms with Gasteiger partial charge in [-0.1, -0.05) is 152 Å². The first-order valence-corrected chi connectivity index (χ1v) is 19.5. The van der Waals surface area contributed by atoms with Crippen molar-refractivity contribution in [1.29, 1.82) is 0 Å². The van der Waals surface area contributed by atoms with E-state index in [4.69, 9.17) is 4.42 Å². The molecule has 0 bridgehead atoms. The van der Waals surface area contributed by atoms with E-state index in [9.17, 15) is 0 Å². The minimum atomic E-state index is 0.864. The monoisotopic (exact) mass is 726 g/mol. The Hall–Kier alpha value is -7.62. The zero-order valence-electron chi connectivity index (χ0n) is 30.9. The molecular formula is C54H34N2O. The summed E-state index contributed by atoms with van der Waals surface area (Å²) < 4.78 is 9.11. The zero-order valence-corrected chi connectivity index (χ0v) is 30.9. The molecule has 0 aliphatic heterocycles. The Morgan fingerprint density at radius 3 is 1.79 bits per heavy atom. The van der Waals surface area contributed by atoms with Crippen molar-refractivity contribution < 1.29 is 4.42 Å². The van der Waals surface area contributed by atoms with E-state index in [1.807, 2.05) is 12.1 Å². The third-order valence-electron chi connectivity index (χ3n) is 11.7. The number of hydrogen-bond acceptors (Lipinski definition) is 2. The lowest BCUT2D eigenvalue weighted by molar-refractivity contribution is 0.669. The number of anilines is 3. The van der Waals surface area contributed by atoms with E-state index in [1.54, 1.807) is 0 Å². The molecule has 0 amide bonds. The summed E-state index contributed by atoms with van der Waals surface area (Å²) in [6, 6.07) is 74.3. The average molecular weight is 727 g/mol. The molecule has 0 aliphatic rings. The molecule has 266 valence electrons. The molecule has 0 aliphatic carbocycles. The van der Waals surface area contributed by atoms with Crippen LogP contribution in [-0.2, 0) is 0 Å². The predicted molar refractivity (Wildman–Crippen MR) is 241 cm³/mol. The average Bonchev–Trinajstić information content (AvgIpc) is 3.84. The first kappa shape index (κ1) is 31.7. The lowest BCUT2D eigenvalue weighted by Gasteiger charge is -2.26. The molecular weight excluding hydrogens is 693 g/mol. The molecule has 0 N–H and O–H groups in total. The number of para-hydroxylation sites is 3. The molecule has 0 fully saturated rings. The van der Waals surface area contributed by atoms with Crippen LogP contribution in [0.2, 0.25) is 0 Å². The Bertz CT molecular complexity index is 3500. The molecule has 12 rings (SSSR count). The third kappa shape index (κ3) is 4.79. The van der Waals surface area contributed by atoms with Crippen molar-refractivity contribution in [3.8, 4) is 16.8 Å². The minimum absolute atomic E-state index is 0.864. The molecule has 0 saturated carbocycles. The molecule has 0 atom stereocenters. The molecule has 2 heterocycles. The predicted octanol–water partition coefficient (Wildman–Crippen LogP) is 15.3. The van der Waals surface area contributed by atoms with Gasteiger partial charge in [-0.2, -0.15) is 0 Å². The van der Waals surface area contributed by atoms with Gasteiger partial charge in [0.1, 0.15) is 5.58 Å². The molecule has 3 nitrogen and oxygen atoms in total. The highest BCUT2D eigenvalue weighted by Gasteiger charge is 2.22. The van der Waals surface area contributed by atoms with Crippen LogP contribution in [0.4, 0.5) is 17.1 Å². The molecule has 2 aromatic heterocycles. The first-order valence-electron chi connectivity index (χ1n) is 19.5. The van der Waals surface area contributed by atoms with E-state index in [0.29, 0.717) is 0 Å². The molecule has 57 heavy (non-hydrogen) atoms. The fourth-order valence-corrected chi connectivity index (χ4v) is 9.23. The van der Waals surface area contributed by atoms with E-state index >= 15 is 0 Å². The lowest BCUT2D eigenvalue weighted by atomic mass is 9.93. The second kappa shape index (κ2) is 12.5. The Morgan fingerprint density at radius 2 is 0.982 bits per heavy atom. The fraction of sp³-hybridized carbons (Fsp3) is 0. The molecule has 0 unspecified atom stereocenters. The summed E-state index contributed by atoms with van der Waals surface area (Å²) in [6.45, 7) is 0. The maximum atomic E-state index is 6.64. The Labute approximate surface area is 328 Å². The summed E-state index contributed by atoms with van der Waals surface area (Å²) in [5.74, 6) is 0. The molecule has 0 saturated heterocycles. The summed E-state index contributed by atoms with van der Waals surface area (Å²) >= 11 is 0. The van der Waals surface area contributed by atoms with Crippen molar-refractivity contribution in [2.24, 2.45) is 0 Å². The van der Waals surface area contributed by atoms with E-state index in [0.717, 1.165) is 44.7 Å². The molecule has 10 aromatic carbocycles. The SMILES string of the molecule is c1ccc(-c2ccc(N(c3ccc(-n4c5ccccc5c5c6c7ccccc7ccc6c6ccccc6c54)cc3)c3cccc4c3oc3ccccc34)cc2)cc1. The van der Waals surface area contributed by atoms with Crippen LogP contribution in [0.25, 0.3) is 92.9 Å². The normalized spacial score (nSPS) is 11.9. The van der Waals surface area contributed by atoms with Gasteiger partial charge < -0.3 is 13.9 Å². The highest BCUT2D eigenvalue weighted by Crippen LogP contribution is 2.46. The Balaban J connectivity index is 1.09. The van der Waals surface area contributed by atoms with E-state index < -0.39 is 0 Å². The highest BCUT2D eigenvalue weighted by molar-refractivity contribution is 6.36. The van der Waals surface area contributed by atoms with E-state index in [2.05, 4.69) is 204 Å². The molecule has 12 aromatic rings. The van der Waals surface area contributed by atoms with Crippen LogP contribution in [0.1, 0.15) is 0 Å². The summed E-state index contributed by atoms with van der Waals surface area (Å²) in [6.07, 6.45) is 0. The van der Waals surface area contributed by atoms with Gasteiger partial charge in [-0.25, -0.2) is 0 Å². The second-order valence-corrected chi connectivity index (χ2v) is 14.8. The number of furan rings is 1. The first-order chi connectivity index (χ1) is 28.3. The fourth-order valence-electron chi connectivity index (χ4n) is 9.23. The van der Waals surface area contributed by atoms with Crippen molar-refractivity contribution in [1.82, 2.24) is 4.57 Å². The number of fused-ring (bicyclic) bond motifs is 13. The maximum absolute atomic E-state index is 6.64. The number of rotatable bonds is 5. The number of aromatic nitrogens is 1. The van der Waals surface area contributed by atoms with Gasteiger partial charge in [0.25, 0.3) is 0 Å². The zero-order chi connectivity index (χ0) is 37.5. The third-order valence-corrected chi connectivity index (χ3v) is 11.7. The van der Waals surface area contributed by atoms with Gasteiger partial charge in [0.05, 0.1) is 16.7 Å². The van der Waals surface area contributed by atoms with Crippen LogP contribution in [0.15, 0.2) is 211 Å². The summed E-state index contributed by atoms with van der Waals surface area (Å²) in [5.41, 5.74) is 10.7. The highest BCUT2D eigenvalue weighted by atomic mass is 16.3. The maximum Gasteiger partial charge on any atom is 0.159 e. The van der Waals surface area contributed by atoms with Gasteiger partial charge in [-0.3, -0.25) is 0 Å². The van der Waals surface area contributed by atoms with Gasteiger partial charge in [0, 0.05) is 49.4 Å². The van der Waals surface area contributed by atoms with Crippen LogP contribution in [0, 0.1) is 0 Å². The molecule has 0 spiro atoms. The van der Waals surface area contributed by atoms with Gasteiger partial charge in [-0.05, 0) is 87.3 Å². The van der Waals surface area contributed by atoms with Crippen molar-refractivity contribution in [2.45, 2.75) is 0 Å². The number of benzene rings is 10. The van der Waals surface area contributed by atoms with Crippen LogP contribution in [-0.4, -0.2) is 4.57 Å². The van der Waals surface area contributed by atoms with Crippen LogP contribution < -0.4 is 4.90 Å². The second-order valence-electron chi connectivity index (χ2n) is 14.8. The summed E-state index contributed by atoms with van der Waals surface area (Å²) in [5, 5.41) is 12.4. The van der Waals surface area contributed by atoms with Crippen molar-refractivity contribution in [3.63, 3.8) is 0 Å². The number of nitrogens with zero attached hydrogens (tertiary/aromatic N) is 2. The van der Waals surface area contributed by atoms with E-state index in [-0.39, 0.29) is 0 Å². The number of hydrogen-bond donors (Lipinski definition) is 0. The van der Waals surface area contributed by atoms with Gasteiger partial charge in [-0.15, -0.1) is 0 Å². The molecule has 3 heteroatoms. The van der Waals surface area contributed by atoms with Crippen LogP contribution in [0.3, 0.4) is 0 Å². The minimum Gasteiger partial charge on any atom is -0.454 e. The summed E-state index contributed by atoms with van der Waals surface area (Å²) in [7, 11) is 0. The van der Waals surface area contributed by atoms with Gasteiger partial charge >= 0.3 is 0 Å². The van der Waals surface area contributed by atoms with Crippen LogP contribution in [0.5, 0.6) is 0 Å².